The Morgan fingerprint density at radius 1 is 0.800 bits per heavy atom. The highest BCUT2D eigenvalue weighted by Crippen LogP contribution is 2.37. The van der Waals surface area contributed by atoms with Gasteiger partial charge in [0, 0.05) is 5.41 Å². The lowest BCUT2D eigenvalue weighted by Gasteiger charge is -2.31. The molecule has 0 aliphatic carbocycles. The molecular formula is C21H28O4. The molecule has 2 rings (SSSR count). The molecule has 0 aliphatic heterocycles. The number of rotatable bonds is 8. The first-order chi connectivity index (χ1) is 11.8. The average Bonchev–Trinajstić information content (AvgIpc) is 2.55. The van der Waals surface area contributed by atoms with Gasteiger partial charge in [0.15, 0.2) is 12.6 Å². The minimum absolute atomic E-state index is 0.137. The summed E-state index contributed by atoms with van der Waals surface area (Å²) in [5.74, 6) is 1.30. The molecule has 0 spiro atoms. The van der Waals surface area contributed by atoms with Crippen LogP contribution in [0.4, 0.5) is 0 Å². The molecule has 0 amide bonds. The molecule has 25 heavy (non-hydrogen) atoms. The molecule has 0 bridgehead atoms. The molecule has 0 aliphatic rings. The van der Waals surface area contributed by atoms with E-state index in [1.807, 2.05) is 48.5 Å². The highest BCUT2D eigenvalue weighted by molar-refractivity contribution is 5.42. The quantitative estimate of drug-likeness (QED) is 0.704. The van der Waals surface area contributed by atoms with Gasteiger partial charge in [-0.3, -0.25) is 0 Å². The van der Waals surface area contributed by atoms with Gasteiger partial charge in [0.05, 0.1) is 0 Å². The van der Waals surface area contributed by atoms with E-state index in [9.17, 15) is 10.2 Å². The molecule has 2 atom stereocenters. The minimum atomic E-state index is -0.825. The van der Waals surface area contributed by atoms with E-state index in [1.165, 1.54) is 11.1 Å². The maximum Gasteiger partial charge on any atom is 0.194 e. The summed E-state index contributed by atoms with van der Waals surface area (Å²) in [6.45, 7) is 7.58. The van der Waals surface area contributed by atoms with Crippen LogP contribution < -0.4 is 9.47 Å². The van der Waals surface area contributed by atoms with E-state index in [4.69, 9.17) is 9.47 Å². The zero-order chi connectivity index (χ0) is 18.4. The van der Waals surface area contributed by atoms with Crippen LogP contribution in [0.15, 0.2) is 48.5 Å². The Morgan fingerprint density at radius 3 is 1.44 bits per heavy atom. The Balaban J connectivity index is 2.30. The Labute approximate surface area is 150 Å². The summed E-state index contributed by atoms with van der Waals surface area (Å²) in [7, 11) is 0. The molecule has 0 aromatic heterocycles. The Hall–Kier alpha value is -2.04. The molecule has 0 fully saturated rings. The van der Waals surface area contributed by atoms with Crippen molar-refractivity contribution in [3.8, 4) is 11.5 Å². The van der Waals surface area contributed by atoms with Crippen molar-refractivity contribution in [3.63, 3.8) is 0 Å². The van der Waals surface area contributed by atoms with E-state index in [0.717, 1.165) is 12.8 Å². The van der Waals surface area contributed by atoms with Crippen LogP contribution in [0.5, 0.6) is 11.5 Å². The molecular weight excluding hydrogens is 316 g/mol. The van der Waals surface area contributed by atoms with E-state index in [1.54, 1.807) is 13.8 Å². The Kier molecular flexibility index (Phi) is 6.45. The molecule has 0 saturated carbocycles. The lowest BCUT2D eigenvalue weighted by Crippen LogP contribution is -2.23. The van der Waals surface area contributed by atoms with Crippen molar-refractivity contribution in [1.82, 2.24) is 0 Å². The van der Waals surface area contributed by atoms with Crippen molar-refractivity contribution in [2.45, 2.75) is 58.5 Å². The van der Waals surface area contributed by atoms with Gasteiger partial charge in [-0.2, -0.15) is 0 Å². The second kappa shape index (κ2) is 8.37. The number of ether oxygens (including phenoxy) is 2. The molecule has 0 heterocycles. The summed E-state index contributed by atoms with van der Waals surface area (Å²) in [6, 6.07) is 15.8. The van der Waals surface area contributed by atoms with E-state index in [0.29, 0.717) is 11.5 Å². The number of hydrogen-bond donors (Lipinski definition) is 2. The third-order valence-corrected chi connectivity index (χ3v) is 4.35. The zero-order valence-electron chi connectivity index (χ0n) is 15.4. The van der Waals surface area contributed by atoms with Gasteiger partial charge in [-0.1, -0.05) is 44.5 Å². The molecule has 2 N–H and O–H groups in total. The first-order valence-electron chi connectivity index (χ1n) is 8.75. The second-order valence-corrected chi connectivity index (χ2v) is 6.57. The third kappa shape index (κ3) is 4.97. The topological polar surface area (TPSA) is 58.9 Å². The predicted molar refractivity (Wildman–Crippen MR) is 98.9 cm³/mol. The lowest BCUT2D eigenvalue weighted by atomic mass is 9.73. The zero-order valence-corrected chi connectivity index (χ0v) is 15.4. The summed E-state index contributed by atoms with van der Waals surface area (Å²) in [6.07, 6.45) is 0.401. The Morgan fingerprint density at radius 2 is 1.16 bits per heavy atom. The molecule has 2 unspecified atom stereocenters. The van der Waals surface area contributed by atoms with Crippen LogP contribution in [0.3, 0.4) is 0 Å². The Bertz CT molecular complexity index is 591. The maximum absolute atomic E-state index is 9.33. The van der Waals surface area contributed by atoms with Gasteiger partial charge in [-0.15, -0.1) is 0 Å². The van der Waals surface area contributed by atoms with Crippen molar-refractivity contribution in [2.24, 2.45) is 0 Å². The highest BCUT2D eigenvalue weighted by Gasteiger charge is 2.28. The van der Waals surface area contributed by atoms with Crippen LogP contribution in [0.1, 0.15) is 51.7 Å². The molecule has 2 aromatic rings. The van der Waals surface area contributed by atoms with Crippen molar-refractivity contribution in [2.75, 3.05) is 0 Å². The van der Waals surface area contributed by atoms with Crippen LogP contribution >= 0.6 is 0 Å². The standard InChI is InChI=1S/C21H28O4/c1-5-14-21(4,17-6-10-19(11-7-17)24-15(2)22)18-8-12-20(13-9-18)25-16(3)23/h6-13,15-16,22-23H,5,14H2,1-4H3. The van der Waals surface area contributed by atoms with Gasteiger partial charge in [0.1, 0.15) is 11.5 Å². The summed E-state index contributed by atoms with van der Waals surface area (Å²) in [4.78, 5) is 0. The molecule has 136 valence electrons. The lowest BCUT2D eigenvalue weighted by molar-refractivity contribution is -0.000873. The van der Waals surface area contributed by atoms with E-state index in [2.05, 4.69) is 13.8 Å². The van der Waals surface area contributed by atoms with Crippen LogP contribution in [-0.4, -0.2) is 22.8 Å². The first-order valence-corrected chi connectivity index (χ1v) is 8.75. The van der Waals surface area contributed by atoms with Crippen LogP contribution in [0.25, 0.3) is 0 Å². The highest BCUT2D eigenvalue weighted by atomic mass is 16.6. The number of benzene rings is 2. The SMILES string of the molecule is CCCC(C)(c1ccc(OC(C)O)cc1)c1ccc(OC(C)O)cc1. The molecule has 2 aromatic carbocycles. The first kappa shape index (κ1) is 19.3. The fraction of sp³-hybridized carbons (Fsp3) is 0.429. The van der Waals surface area contributed by atoms with Crippen LogP contribution in [-0.2, 0) is 5.41 Å². The van der Waals surface area contributed by atoms with E-state index >= 15 is 0 Å². The number of aliphatic hydroxyl groups is 2. The maximum atomic E-state index is 9.33. The monoisotopic (exact) mass is 344 g/mol. The van der Waals surface area contributed by atoms with Gasteiger partial charge in [0.25, 0.3) is 0 Å². The molecule has 0 saturated heterocycles. The largest absolute Gasteiger partial charge is 0.465 e. The van der Waals surface area contributed by atoms with Crippen molar-refractivity contribution >= 4 is 0 Å². The fourth-order valence-electron chi connectivity index (χ4n) is 3.15. The normalized spacial score (nSPS) is 15.9. The van der Waals surface area contributed by atoms with Crippen molar-refractivity contribution in [3.05, 3.63) is 59.7 Å². The number of hydrogen-bond acceptors (Lipinski definition) is 4. The van der Waals surface area contributed by atoms with Crippen LogP contribution in [0.2, 0.25) is 0 Å². The summed E-state index contributed by atoms with van der Waals surface area (Å²) in [5.41, 5.74) is 2.24. The van der Waals surface area contributed by atoms with Gasteiger partial charge >= 0.3 is 0 Å². The molecule has 0 radical (unpaired) electrons. The third-order valence-electron chi connectivity index (χ3n) is 4.35. The summed E-state index contributed by atoms with van der Waals surface area (Å²) < 4.78 is 10.6. The van der Waals surface area contributed by atoms with Crippen molar-refractivity contribution in [1.29, 1.82) is 0 Å². The van der Waals surface area contributed by atoms with Gasteiger partial charge in [0.2, 0.25) is 0 Å². The molecule has 4 nitrogen and oxygen atoms in total. The fourth-order valence-corrected chi connectivity index (χ4v) is 3.15. The van der Waals surface area contributed by atoms with Gasteiger partial charge in [-0.05, 0) is 55.7 Å². The van der Waals surface area contributed by atoms with Crippen LogP contribution in [0, 0.1) is 0 Å². The smallest absolute Gasteiger partial charge is 0.194 e. The van der Waals surface area contributed by atoms with E-state index in [-0.39, 0.29) is 5.41 Å². The summed E-state index contributed by atoms with van der Waals surface area (Å²) >= 11 is 0. The molecule has 4 heteroatoms. The minimum Gasteiger partial charge on any atom is -0.465 e. The van der Waals surface area contributed by atoms with Gasteiger partial charge in [-0.25, -0.2) is 0 Å². The van der Waals surface area contributed by atoms with Crippen molar-refractivity contribution < 1.29 is 19.7 Å². The summed E-state index contributed by atoms with van der Waals surface area (Å²) in [5, 5.41) is 18.7. The average molecular weight is 344 g/mol. The van der Waals surface area contributed by atoms with E-state index < -0.39 is 12.6 Å². The predicted octanol–water partition coefficient (Wildman–Crippen LogP) is 4.23. The second-order valence-electron chi connectivity index (χ2n) is 6.57. The van der Waals surface area contributed by atoms with Gasteiger partial charge < -0.3 is 19.7 Å². The number of aliphatic hydroxyl groups excluding tert-OH is 2.